The lowest BCUT2D eigenvalue weighted by atomic mass is 10.0. The van der Waals surface area contributed by atoms with Gasteiger partial charge in [0.15, 0.2) is 0 Å². The van der Waals surface area contributed by atoms with Crippen molar-refractivity contribution in [2.45, 2.75) is 45.8 Å². The van der Waals surface area contributed by atoms with E-state index in [0.29, 0.717) is 0 Å². The van der Waals surface area contributed by atoms with Crippen LogP contribution in [-0.4, -0.2) is 50.0 Å². The number of sulfonamides is 1. The summed E-state index contributed by atoms with van der Waals surface area (Å²) in [5.41, 5.74) is 2.88. The number of amides is 2. The van der Waals surface area contributed by atoms with Gasteiger partial charge in [0.2, 0.25) is 21.8 Å². The highest BCUT2D eigenvalue weighted by Gasteiger charge is 2.33. The maximum Gasteiger partial charge on any atom is 0.244 e. The van der Waals surface area contributed by atoms with Crippen LogP contribution in [-0.2, 0) is 32.6 Å². The molecule has 0 fully saturated rings. The Morgan fingerprint density at radius 3 is 2.15 bits per heavy atom. The molecule has 0 bridgehead atoms. The van der Waals surface area contributed by atoms with Crippen LogP contribution >= 0.6 is 23.2 Å². The summed E-state index contributed by atoms with van der Waals surface area (Å²) in [6.07, 6.45) is 1.27. The van der Waals surface area contributed by atoms with Gasteiger partial charge >= 0.3 is 0 Å². The lowest BCUT2D eigenvalue weighted by Gasteiger charge is -2.34. The topological polar surface area (TPSA) is 86.8 Å². The van der Waals surface area contributed by atoms with Crippen LogP contribution < -0.4 is 9.62 Å². The first-order valence-corrected chi connectivity index (χ1v) is 15.1. The highest BCUT2D eigenvalue weighted by atomic mass is 35.5. The molecule has 0 spiro atoms. The van der Waals surface area contributed by atoms with E-state index >= 15 is 0 Å². The molecule has 2 amide bonds. The fourth-order valence-corrected chi connectivity index (χ4v) is 5.33. The number of aryl methyl sites for hydroxylation is 1. The average molecular weight is 591 g/mol. The van der Waals surface area contributed by atoms with E-state index in [-0.39, 0.29) is 40.6 Å². The molecular formula is C29H33Cl2N3O4S. The van der Waals surface area contributed by atoms with Gasteiger partial charge in [-0.3, -0.25) is 13.9 Å². The molecular weight excluding hydrogens is 557 g/mol. The number of rotatable bonds is 11. The van der Waals surface area contributed by atoms with Gasteiger partial charge in [0.05, 0.1) is 22.0 Å². The number of nitrogens with one attached hydrogen (secondary N) is 1. The van der Waals surface area contributed by atoms with E-state index in [1.807, 2.05) is 75.4 Å². The van der Waals surface area contributed by atoms with Crippen molar-refractivity contribution in [2.75, 3.05) is 17.1 Å². The van der Waals surface area contributed by atoms with Crippen molar-refractivity contribution in [3.63, 3.8) is 0 Å². The van der Waals surface area contributed by atoms with Crippen molar-refractivity contribution in [3.8, 4) is 0 Å². The van der Waals surface area contributed by atoms with E-state index in [1.165, 1.54) is 23.1 Å². The minimum absolute atomic E-state index is 0.114. The van der Waals surface area contributed by atoms with E-state index < -0.39 is 28.5 Å². The molecule has 0 saturated carbocycles. The molecule has 0 aliphatic carbocycles. The SMILES string of the molecule is Cc1cccc(CN(C(=O)CN(c2ccc(Cl)c(Cl)c2)S(C)(=O)=O)C(Cc2ccccc2)C(=O)NC(C)C)c1. The average Bonchev–Trinajstić information content (AvgIpc) is 2.86. The predicted molar refractivity (Wildman–Crippen MR) is 158 cm³/mol. The van der Waals surface area contributed by atoms with Gasteiger partial charge in [-0.1, -0.05) is 83.4 Å². The van der Waals surface area contributed by atoms with Gasteiger partial charge in [0.25, 0.3) is 0 Å². The summed E-state index contributed by atoms with van der Waals surface area (Å²) in [4.78, 5) is 29.0. The number of halogens is 2. The van der Waals surface area contributed by atoms with E-state index in [9.17, 15) is 18.0 Å². The summed E-state index contributed by atoms with van der Waals surface area (Å²) in [5, 5.41) is 3.34. The Labute approximate surface area is 240 Å². The standard InChI is InChI=1S/C29H33Cl2N3O4S/c1-20(2)32-29(36)27(16-22-10-6-5-7-11-22)33(18-23-12-8-9-21(3)15-23)28(35)19-34(39(4,37)38)24-13-14-25(30)26(31)17-24/h5-15,17,20,27H,16,18-19H2,1-4H3,(H,32,36). The summed E-state index contributed by atoms with van der Waals surface area (Å²) < 4.78 is 26.6. The Bertz CT molecular complexity index is 1420. The van der Waals surface area contributed by atoms with E-state index in [4.69, 9.17) is 23.2 Å². The lowest BCUT2D eigenvalue weighted by Crippen LogP contribution is -2.54. The number of hydrogen-bond donors (Lipinski definition) is 1. The van der Waals surface area contributed by atoms with Crippen molar-refractivity contribution in [2.24, 2.45) is 0 Å². The molecule has 7 nitrogen and oxygen atoms in total. The summed E-state index contributed by atoms with van der Waals surface area (Å²) >= 11 is 12.2. The molecule has 0 radical (unpaired) electrons. The van der Waals surface area contributed by atoms with Gasteiger partial charge in [-0.05, 0) is 50.1 Å². The minimum atomic E-state index is -3.90. The molecule has 3 aromatic carbocycles. The normalized spacial score (nSPS) is 12.2. The quantitative estimate of drug-likeness (QED) is 0.331. The Balaban J connectivity index is 2.07. The second kappa shape index (κ2) is 13.3. The third-order valence-electron chi connectivity index (χ3n) is 6.01. The Hall–Kier alpha value is -3.07. The van der Waals surface area contributed by atoms with Crippen molar-refractivity contribution >= 4 is 50.7 Å². The molecule has 1 atom stereocenters. The van der Waals surface area contributed by atoms with E-state index in [0.717, 1.165) is 27.3 Å². The van der Waals surface area contributed by atoms with E-state index in [1.54, 1.807) is 0 Å². The molecule has 10 heteroatoms. The Kier molecular flexibility index (Phi) is 10.4. The molecule has 0 saturated heterocycles. The molecule has 0 aromatic heterocycles. The first-order chi connectivity index (χ1) is 18.3. The molecule has 0 heterocycles. The first kappa shape index (κ1) is 30.5. The second-order valence-corrected chi connectivity index (χ2v) is 12.5. The van der Waals surface area contributed by atoms with Gasteiger partial charge in [0.1, 0.15) is 12.6 Å². The predicted octanol–water partition coefficient (Wildman–Crippen LogP) is 5.23. The van der Waals surface area contributed by atoms with Crippen LogP contribution in [0.3, 0.4) is 0 Å². The minimum Gasteiger partial charge on any atom is -0.352 e. The van der Waals surface area contributed by atoms with Crippen molar-refractivity contribution in [3.05, 3.63) is 99.5 Å². The van der Waals surface area contributed by atoms with Crippen molar-refractivity contribution in [1.29, 1.82) is 0 Å². The summed E-state index contributed by atoms with van der Waals surface area (Å²) in [7, 11) is -3.90. The number of anilines is 1. The first-order valence-electron chi connectivity index (χ1n) is 12.5. The number of hydrogen-bond acceptors (Lipinski definition) is 4. The van der Waals surface area contributed by atoms with Gasteiger partial charge < -0.3 is 10.2 Å². The van der Waals surface area contributed by atoms with Crippen LogP contribution in [0.25, 0.3) is 0 Å². The zero-order valence-corrected chi connectivity index (χ0v) is 24.7. The number of carbonyl (C=O) groups excluding carboxylic acids is 2. The summed E-state index contributed by atoms with van der Waals surface area (Å²) in [6, 6.07) is 20.4. The van der Waals surface area contributed by atoms with Crippen LogP contribution in [0.1, 0.15) is 30.5 Å². The molecule has 1 unspecified atom stereocenters. The molecule has 0 aliphatic heterocycles. The highest BCUT2D eigenvalue weighted by Crippen LogP contribution is 2.29. The van der Waals surface area contributed by atoms with Crippen molar-refractivity contribution in [1.82, 2.24) is 10.2 Å². The second-order valence-electron chi connectivity index (χ2n) is 9.75. The van der Waals surface area contributed by atoms with Gasteiger partial charge in [-0.2, -0.15) is 0 Å². The van der Waals surface area contributed by atoms with Crippen LogP contribution in [0.5, 0.6) is 0 Å². The van der Waals surface area contributed by atoms with Gasteiger partial charge in [-0.15, -0.1) is 0 Å². The third kappa shape index (κ3) is 8.71. The number of carbonyl (C=O) groups is 2. The molecule has 39 heavy (non-hydrogen) atoms. The maximum absolute atomic E-state index is 14.0. The van der Waals surface area contributed by atoms with Crippen LogP contribution in [0.15, 0.2) is 72.8 Å². The van der Waals surface area contributed by atoms with E-state index in [2.05, 4.69) is 5.32 Å². The largest absolute Gasteiger partial charge is 0.352 e. The Morgan fingerprint density at radius 1 is 0.897 bits per heavy atom. The van der Waals surface area contributed by atoms with Crippen LogP contribution in [0.4, 0.5) is 5.69 Å². The summed E-state index contributed by atoms with van der Waals surface area (Å²) in [5.74, 6) is -0.858. The van der Waals surface area contributed by atoms with Gasteiger partial charge in [0, 0.05) is 19.0 Å². The fraction of sp³-hybridized carbons (Fsp3) is 0.310. The van der Waals surface area contributed by atoms with Crippen LogP contribution in [0, 0.1) is 6.92 Å². The number of benzene rings is 3. The van der Waals surface area contributed by atoms with Gasteiger partial charge in [-0.25, -0.2) is 8.42 Å². The number of nitrogens with zero attached hydrogens (tertiary/aromatic N) is 2. The highest BCUT2D eigenvalue weighted by molar-refractivity contribution is 7.92. The molecule has 3 rings (SSSR count). The zero-order chi connectivity index (χ0) is 28.7. The summed E-state index contributed by atoms with van der Waals surface area (Å²) in [6.45, 7) is 5.23. The zero-order valence-electron chi connectivity index (χ0n) is 22.4. The third-order valence-corrected chi connectivity index (χ3v) is 7.89. The lowest BCUT2D eigenvalue weighted by molar-refractivity contribution is -0.140. The molecule has 208 valence electrons. The maximum atomic E-state index is 14.0. The molecule has 3 aromatic rings. The van der Waals surface area contributed by atoms with Crippen LogP contribution in [0.2, 0.25) is 10.0 Å². The monoisotopic (exact) mass is 589 g/mol. The van der Waals surface area contributed by atoms with Crippen molar-refractivity contribution < 1.29 is 18.0 Å². The fourth-order valence-electron chi connectivity index (χ4n) is 4.20. The molecule has 0 aliphatic rings. The molecule has 1 N–H and O–H groups in total. The smallest absolute Gasteiger partial charge is 0.244 e. The Morgan fingerprint density at radius 2 is 1.56 bits per heavy atom.